The van der Waals surface area contributed by atoms with E-state index in [2.05, 4.69) is 22.5 Å². The van der Waals surface area contributed by atoms with Crippen LogP contribution in [-0.2, 0) is 4.79 Å². The number of amides is 1. The molecule has 1 heterocycles. The topological polar surface area (TPSA) is 44.4 Å². The maximum Gasteiger partial charge on any atom is 0.236 e. The number of likely N-dealkylation sites (tertiary alicyclic amines) is 1. The van der Waals surface area contributed by atoms with Crippen molar-refractivity contribution in [3.8, 4) is 0 Å². The van der Waals surface area contributed by atoms with Gasteiger partial charge in [0, 0.05) is 13.1 Å². The molecule has 0 aromatic carbocycles. The van der Waals surface area contributed by atoms with E-state index in [4.69, 9.17) is 0 Å². The lowest BCUT2D eigenvalue weighted by molar-refractivity contribution is -0.122. The van der Waals surface area contributed by atoms with Crippen LogP contribution in [0.2, 0.25) is 0 Å². The number of carbonyl (C=O) groups excluding carboxylic acids is 1. The molecule has 4 nitrogen and oxygen atoms in total. The molecule has 4 heteroatoms. The van der Waals surface area contributed by atoms with E-state index in [0.29, 0.717) is 12.5 Å². The fourth-order valence-electron chi connectivity index (χ4n) is 2.13. The molecule has 0 aromatic rings. The van der Waals surface area contributed by atoms with Crippen molar-refractivity contribution in [2.45, 2.75) is 33.2 Å². The standard InChI is InChI=1S/C12H25N3O/c1-4-13-12(16)10(3)14-8-11-6-7-15(5-2)9-11/h10-11,14H,4-9H2,1-3H3,(H,13,16). The average molecular weight is 227 g/mol. The van der Waals surface area contributed by atoms with Crippen molar-refractivity contribution in [3.63, 3.8) is 0 Å². The summed E-state index contributed by atoms with van der Waals surface area (Å²) in [5, 5.41) is 6.14. The molecule has 1 aliphatic heterocycles. The number of likely N-dealkylation sites (N-methyl/N-ethyl adjacent to an activating group) is 1. The summed E-state index contributed by atoms with van der Waals surface area (Å²) in [6, 6.07) is -0.0735. The van der Waals surface area contributed by atoms with Gasteiger partial charge in [0.15, 0.2) is 0 Å². The quantitative estimate of drug-likeness (QED) is 0.692. The lowest BCUT2D eigenvalue weighted by Gasteiger charge is -2.17. The Labute approximate surface area is 98.8 Å². The highest BCUT2D eigenvalue weighted by Gasteiger charge is 2.22. The Kier molecular flexibility index (Phi) is 5.77. The smallest absolute Gasteiger partial charge is 0.236 e. The molecule has 2 N–H and O–H groups in total. The Morgan fingerprint density at radius 3 is 2.81 bits per heavy atom. The van der Waals surface area contributed by atoms with Gasteiger partial charge in [0.2, 0.25) is 5.91 Å². The first-order chi connectivity index (χ1) is 7.67. The van der Waals surface area contributed by atoms with E-state index in [1.54, 1.807) is 0 Å². The van der Waals surface area contributed by atoms with Crippen molar-refractivity contribution in [1.29, 1.82) is 0 Å². The molecular weight excluding hydrogens is 202 g/mol. The third kappa shape index (κ3) is 4.10. The fraction of sp³-hybridized carbons (Fsp3) is 0.917. The molecule has 1 rings (SSSR count). The van der Waals surface area contributed by atoms with Crippen LogP contribution in [0, 0.1) is 5.92 Å². The zero-order chi connectivity index (χ0) is 12.0. The van der Waals surface area contributed by atoms with Crippen molar-refractivity contribution in [2.75, 3.05) is 32.7 Å². The Bertz CT molecular complexity index is 220. The van der Waals surface area contributed by atoms with E-state index in [1.165, 1.54) is 19.5 Å². The average Bonchev–Trinajstić information content (AvgIpc) is 2.74. The molecule has 0 radical (unpaired) electrons. The second-order valence-electron chi connectivity index (χ2n) is 4.57. The van der Waals surface area contributed by atoms with Crippen LogP contribution >= 0.6 is 0 Å². The van der Waals surface area contributed by atoms with Crippen LogP contribution in [0.4, 0.5) is 0 Å². The van der Waals surface area contributed by atoms with Crippen molar-refractivity contribution in [1.82, 2.24) is 15.5 Å². The largest absolute Gasteiger partial charge is 0.355 e. The van der Waals surface area contributed by atoms with Crippen LogP contribution in [0.1, 0.15) is 27.2 Å². The van der Waals surface area contributed by atoms with E-state index in [1.807, 2.05) is 13.8 Å². The summed E-state index contributed by atoms with van der Waals surface area (Å²) >= 11 is 0. The molecule has 0 saturated carbocycles. The lowest BCUT2D eigenvalue weighted by atomic mass is 10.1. The van der Waals surface area contributed by atoms with Gasteiger partial charge in [-0.25, -0.2) is 0 Å². The van der Waals surface area contributed by atoms with Crippen molar-refractivity contribution in [3.05, 3.63) is 0 Å². The van der Waals surface area contributed by atoms with Crippen LogP contribution in [0.3, 0.4) is 0 Å². The molecule has 16 heavy (non-hydrogen) atoms. The second-order valence-corrected chi connectivity index (χ2v) is 4.57. The highest BCUT2D eigenvalue weighted by atomic mass is 16.2. The van der Waals surface area contributed by atoms with Gasteiger partial charge < -0.3 is 15.5 Å². The van der Waals surface area contributed by atoms with Gasteiger partial charge >= 0.3 is 0 Å². The van der Waals surface area contributed by atoms with Crippen LogP contribution in [-0.4, -0.2) is 49.6 Å². The number of hydrogen-bond donors (Lipinski definition) is 2. The zero-order valence-corrected chi connectivity index (χ0v) is 10.8. The Balaban J connectivity index is 2.17. The normalized spacial score (nSPS) is 23.3. The van der Waals surface area contributed by atoms with Crippen molar-refractivity contribution < 1.29 is 4.79 Å². The van der Waals surface area contributed by atoms with Gasteiger partial charge in [-0.3, -0.25) is 4.79 Å². The lowest BCUT2D eigenvalue weighted by Crippen LogP contribution is -2.44. The number of nitrogens with zero attached hydrogens (tertiary/aromatic N) is 1. The Morgan fingerprint density at radius 2 is 2.25 bits per heavy atom. The van der Waals surface area contributed by atoms with E-state index in [9.17, 15) is 4.79 Å². The number of rotatable bonds is 6. The molecule has 0 spiro atoms. The van der Waals surface area contributed by atoms with Crippen LogP contribution in [0.25, 0.3) is 0 Å². The predicted molar refractivity (Wildman–Crippen MR) is 66.4 cm³/mol. The molecule has 2 unspecified atom stereocenters. The molecule has 0 bridgehead atoms. The fourth-order valence-corrected chi connectivity index (χ4v) is 2.13. The maximum atomic E-state index is 11.5. The highest BCUT2D eigenvalue weighted by molar-refractivity contribution is 5.81. The predicted octanol–water partition coefficient (Wildman–Crippen LogP) is 0.442. The molecule has 1 aliphatic rings. The maximum absolute atomic E-state index is 11.5. The van der Waals surface area contributed by atoms with E-state index in [-0.39, 0.29) is 11.9 Å². The summed E-state index contributed by atoms with van der Waals surface area (Å²) in [4.78, 5) is 13.9. The Hall–Kier alpha value is -0.610. The molecular formula is C12H25N3O. The van der Waals surface area contributed by atoms with Gasteiger partial charge in [-0.05, 0) is 45.8 Å². The van der Waals surface area contributed by atoms with E-state index < -0.39 is 0 Å². The zero-order valence-electron chi connectivity index (χ0n) is 10.8. The molecule has 0 aromatic heterocycles. The second kappa shape index (κ2) is 6.86. The summed E-state index contributed by atoms with van der Waals surface area (Å²) in [5.74, 6) is 0.810. The molecule has 1 amide bonds. The van der Waals surface area contributed by atoms with Gasteiger partial charge in [-0.15, -0.1) is 0 Å². The Morgan fingerprint density at radius 1 is 1.50 bits per heavy atom. The molecule has 1 saturated heterocycles. The number of carbonyl (C=O) groups is 1. The number of hydrogen-bond acceptors (Lipinski definition) is 3. The highest BCUT2D eigenvalue weighted by Crippen LogP contribution is 2.14. The minimum absolute atomic E-state index is 0.0735. The van der Waals surface area contributed by atoms with Crippen LogP contribution < -0.4 is 10.6 Å². The summed E-state index contributed by atoms with van der Waals surface area (Å²) < 4.78 is 0. The van der Waals surface area contributed by atoms with Gasteiger partial charge in [-0.1, -0.05) is 6.92 Å². The molecule has 1 fully saturated rings. The molecule has 2 atom stereocenters. The first kappa shape index (κ1) is 13.5. The minimum Gasteiger partial charge on any atom is -0.355 e. The summed E-state index contributed by atoms with van der Waals surface area (Å²) in [6.45, 7) is 11.3. The first-order valence-electron chi connectivity index (χ1n) is 6.40. The van der Waals surface area contributed by atoms with Crippen molar-refractivity contribution in [2.24, 2.45) is 5.92 Å². The van der Waals surface area contributed by atoms with Gasteiger partial charge in [0.1, 0.15) is 0 Å². The SMILES string of the molecule is CCNC(=O)C(C)NCC1CCN(CC)C1. The van der Waals surface area contributed by atoms with E-state index >= 15 is 0 Å². The third-order valence-electron chi connectivity index (χ3n) is 3.27. The van der Waals surface area contributed by atoms with Crippen molar-refractivity contribution >= 4 is 5.91 Å². The van der Waals surface area contributed by atoms with Gasteiger partial charge in [0.05, 0.1) is 6.04 Å². The number of nitrogens with one attached hydrogen (secondary N) is 2. The van der Waals surface area contributed by atoms with Gasteiger partial charge in [-0.2, -0.15) is 0 Å². The monoisotopic (exact) mass is 227 g/mol. The van der Waals surface area contributed by atoms with Crippen LogP contribution in [0.15, 0.2) is 0 Å². The third-order valence-corrected chi connectivity index (χ3v) is 3.27. The van der Waals surface area contributed by atoms with Gasteiger partial charge in [0.25, 0.3) is 0 Å². The summed E-state index contributed by atoms with van der Waals surface area (Å²) in [6.07, 6.45) is 1.25. The van der Waals surface area contributed by atoms with Crippen LogP contribution in [0.5, 0.6) is 0 Å². The summed E-state index contributed by atoms with van der Waals surface area (Å²) in [5.41, 5.74) is 0. The first-order valence-corrected chi connectivity index (χ1v) is 6.40. The molecule has 94 valence electrons. The van der Waals surface area contributed by atoms with E-state index in [0.717, 1.165) is 13.1 Å². The molecule has 0 aliphatic carbocycles. The summed E-state index contributed by atoms with van der Waals surface area (Å²) in [7, 11) is 0. The minimum atomic E-state index is -0.0735.